The van der Waals surface area contributed by atoms with Crippen molar-refractivity contribution in [2.75, 3.05) is 11.3 Å². The number of ether oxygens (including phenoxy) is 1. The second kappa shape index (κ2) is 4.95. The van der Waals surface area contributed by atoms with Gasteiger partial charge in [-0.25, -0.2) is 4.79 Å². The van der Waals surface area contributed by atoms with E-state index in [0.29, 0.717) is 0 Å². The van der Waals surface area contributed by atoms with E-state index in [2.05, 4.69) is 0 Å². The molecule has 0 fully saturated rings. The summed E-state index contributed by atoms with van der Waals surface area (Å²) in [5.74, 6) is -0.554. The van der Waals surface area contributed by atoms with E-state index in [4.69, 9.17) is 9.29 Å². The molecule has 2 N–H and O–H groups in total. The van der Waals surface area contributed by atoms with Gasteiger partial charge in [0, 0.05) is 0 Å². The Balaban J connectivity index is 2.91. The molecule has 0 heterocycles. The van der Waals surface area contributed by atoms with Gasteiger partial charge < -0.3 is 4.74 Å². The van der Waals surface area contributed by atoms with Gasteiger partial charge in [-0.15, -0.1) is 0 Å². The van der Waals surface area contributed by atoms with E-state index >= 15 is 0 Å². The van der Waals surface area contributed by atoms with Gasteiger partial charge in [0.1, 0.15) is 0 Å². The molecule has 0 atom stereocenters. The van der Waals surface area contributed by atoms with E-state index in [1.165, 1.54) is 24.3 Å². The second-order valence-electron chi connectivity index (χ2n) is 2.88. The third-order valence-corrected chi connectivity index (χ3v) is 2.11. The van der Waals surface area contributed by atoms with Crippen LogP contribution in [0.3, 0.4) is 0 Å². The largest absolute Gasteiger partial charge is 0.462 e. The zero-order valence-electron chi connectivity index (χ0n) is 8.50. The zero-order valence-corrected chi connectivity index (χ0v) is 9.32. The fraction of sp³-hybridized carbons (Fsp3) is 0.222. The Bertz CT molecular complexity index is 482. The summed E-state index contributed by atoms with van der Waals surface area (Å²) in [6, 6.07) is 5.62. The fourth-order valence-corrected chi connectivity index (χ4v) is 1.50. The number of nitrogens with one attached hydrogen (secondary N) is 1. The van der Waals surface area contributed by atoms with Crippen molar-refractivity contribution in [2.45, 2.75) is 6.92 Å². The van der Waals surface area contributed by atoms with Crippen LogP contribution in [0.15, 0.2) is 24.3 Å². The van der Waals surface area contributed by atoms with Crippen LogP contribution in [0.1, 0.15) is 17.3 Å². The molecule has 1 rings (SSSR count). The number of carbonyl (C=O) groups excluding carboxylic acids is 1. The van der Waals surface area contributed by atoms with Gasteiger partial charge in [-0.1, -0.05) is 6.07 Å². The fourth-order valence-electron chi connectivity index (χ4n) is 1.07. The van der Waals surface area contributed by atoms with Crippen LogP contribution in [0, 0.1) is 0 Å². The van der Waals surface area contributed by atoms with Gasteiger partial charge in [0.05, 0.1) is 17.9 Å². The SMILES string of the molecule is CCOC(=O)c1cccc(NS(=O)(=O)O)c1. The smallest absolute Gasteiger partial charge is 0.357 e. The molecule has 0 aliphatic carbocycles. The second-order valence-corrected chi connectivity index (χ2v) is 4.03. The third kappa shape index (κ3) is 3.87. The van der Waals surface area contributed by atoms with Crippen molar-refractivity contribution < 1.29 is 22.5 Å². The highest BCUT2D eigenvalue weighted by molar-refractivity contribution is 7.87. The van der Waals surface area contributed by atoms with Gasteiger partial charge in [-0.3, -0.25) is 9.27 Å². The summed E-state index contributed by atoms with van der Waals surface area (Å²) in [6.45, 7) is 1.90. The maximum atomic E-state index is 11.3. The summed E-state index contributed by atoms with van der Waals surface area (Å²) in [4.78, 5) is 11.3. The van der Waals surface area contributed by atoms with E-state index < -0.39 is 16.3 Å². The van der Waals surface area contributed by atoms with E-state index in [1.54, 1.807) is 6.92 Å². The highest BCUT2D eigenvalue weighted by Crippen LogP contribution is 2.12. The van der Waals surface area contributed by atoms with E-state index in [9.17, 15) is 13.2 Å². The number of hydrogen-bond donors (Lipinski definition) is 2. The molecule has 0 saturated heterocycles. The number of esters is 1. The van der Waals surface area contributed by atoms with Crippen LogP contribution in [0.2, 0.25) is 0 Å². The van der Waals surface area contributed by atoms with Crippen LogP contribution in [-0.4, -0.2) is 25.5 Å². The average molecular weight is 245 g/mol. The Kier molecular flexibility index (Phi) is 3.86. The molecule has 7 heteroatoms. The van der Waals surface area contributed by atoms with Crippen LogP contribution >= 0.6 is 0 Å². The minimum atomic E-state index is -4.33. The lowest BCUT2D eigenvalue weighted by Gasteiger charge is -2.05. The highest BCUT2D eigenvalue weighted by atomic mass is 32.2. The first-order valence-corrected chi connectivity index (χ1v) is 5.89. The lowest BCUT2D eigenvalue weighted by molar-refractivity contribution is 0.0526. The standard InChI is InChI=1S/C9H11NO5S/c1-2-15-9(11)7-4-3-5-8(6-7)10-16(12,13)14/h3-6,10H,2H2,1H3,(H,12,13,14). The number of hydrogen-bond acceptors (Lipinski definition) is 4. The molecular weight excluding hydrogens is 234 g/mol. The molecule has 0 saturated carbocycles. The van der Waals surface area contributed by atoms with Crippen molar-refractivity contribution in [3.05, 3.63) is 29.8 Å². The third-order valence-electron chi connectivity index (χ3n) is 1.62. The molecule has 0 spiro atoms. The molecule has 6 nitrogen and oxygen atoms in total. The predicted octanol–water partition coefficient (Wildman–Crippen LogP) is 1.08. The molecule has 16 heavy (non-hydrogen) atoms. The summed E-state index contributed by atoms with van der Waals surface area (Å²) >= 11 is 0. The molecule has 1 aromatic carbocycles. The molecule has 0 amide bonds. The quantitative estimate of drug-likeness (QED) is 0.611. The van der Waals surface area contributed by atoms with Crippen molar-refractivity contribution in [3.63, 3.8) is 0 Å². The maximum Gasteiger partial charge on any atom is 0.357 e. The van der Waals surface area contributed by atoms with Gasteiger partial charge in [0.25, 0.3) is 0 Å². The Morgan fingerprint density at radius 1 is 1.50 bits per heavy atom. The first-order chi connectivity index (χ1) is 7.42. The van der Waals surface area contributed by atoms with Gasteiger partial charge in [0.15, 0.2) is 0 Å². The molecule has 0 aliphatic heterocycles. The summed E-state index contributed by atoms with van der Waals surface area (Å²) < 4.78 is 36.2. The number of benzene rings is 1. The van der Waals surface area contributed by atoms with Crippen LogP contribution in [0.5, 0.6) is 0 Å². The first-order valence-electron chi connectivity index (χ1n) is 4.45. The normalized spacial score (nSPS) is 10.9. The summed E-state index contributed by atoms with van der Waals surface area (Å²) in [7, 11) is -4.33. The Hall–Kier alpha value is -1.60. The van der Waals surface area contributed by atoms with Crippen molar-refractivity contribution in [3.8, 4) is 0 Å². The highest BCUT2D eigenvalue weighted by Gasteiger charge is 2.09. The van der Waals surface area contributed by atoms with Gasteiger partial charge >= 0.3 is 16.3 Å². The molecule has 0 radical (unpaired) electrons. The van der Waals surface area contributed by atoms with Gasteiger partial charge in [0.2, 0.25) is 0 Å². The maximum absolute atomic E-state index is 11.3. The first kappa shape index (κ1) is 12.5. The Morgan fingerprint density at radius 2 is 2.19 bits per heavy atom. The number of anilines is 1. The topological polar surface area (TPSA) is 92.7 Å². The van der Waals surface area contributed by atoms with E-state index in [-0.39, 0.29) is 17.9 Å². The van der Waals surface area contributed by atoms with E-state index in [1.807, 2.05) is 4.72 Å². The van der Waals surface area contributed by atoms with Gasteiger partial charge in [-0.2, -0.15) is 8.42 Å². The van der Waals surface area contributed by atoms with Crippen molar-refractivity contribution in [2.24, 2.45) is 0 Å². The molecule has 0 bridgehead atoms. The molecular formula is C9H11NO5S. The summed E-state index contributed by atoms with van der Waals surface area (Å²) in [6.07, 6.45) is 0. The van der Waals surface area contributed by atoms with Crippen molar-refractivity contribution >= 4 is 22.0 Å². The minimum absolute atomic E-state index is 0.0908. The molecule has 88 valence electrons. The van der Waals surface area contributed by atoms with Gasteiger partial charge in [-0.05, 0) is 25.1 Å². The average Bonchev–Trinajstić information content (AvgIpc) is 2.16. The van der Waals surface area contributed by atoms with Crippen LogP contribution in [0.4, 0.5) is 5.69 Å². The Labute approximate surface area is 93.1 Å². The van der Waals surface area contributed by atoms with Crippen molar-refractivity contribution in [1.29, 1.82) is 0 Å². The monoisotopic (exact) mass is 245 g/mol. The van der Waals surface area contributed by atoms with Crippen LogP contribution in [-0.2, 0) is 15.0 Å². The van der Waals surface area contributed by atoms with Crippen LogP contribution < -0.4 is 4.72 Å². The predicted molar refractivity (Wildman–Crippen MR) is 57.6 cm³/mol. The molecule has 0 unspecified atom stereocenters. The summed E-state index contributed by atoms with van der Waals surface area (Å²) in [5.41, 5.74) is 0.295. The zero-order chi connectivity index (χ0) is 12.2. The van der Waals surface area contributed by atoms with Crippen molar-refractivity contribution in [1.82, 2.24) is 0 Å². The molecule has 0 aromatic heterocycles. The molecule has 1 aromatic rings. The lowest BCUT2D eigenvalue weighted by Crippen LogP contribution is -2.11. The number of rotatable bonds is 4. The van der Waals surface area contributed by atoms with E-state index in [0.717, 1.165) is 0 Å². The molecule has 0 aliphatic rings. The van der Waals surface area contributed by atoms with Crippen LogP contribution in [0.25, 0.3) is 0 Å². The number of carbonyl (C=O) groups is 1. The lowest BCUT2D eigenvalue weighted by atomic mass is 10.2. The Morgan fingerprint density at radius 3 is 2.75 bits per heavy atom. The minimum Gasteiger partial charge on any atom is -0.462 e. The summed E-state index contributed by atoms with van der Waals surface area (Å²) in [5, 5.41) is 0.